The molecule has 0 aromatic heterocycles. The van der Waals surface area contributed by atoms with Crippen LogP contribution in [0.1, 0.15) is 40.0 Å². The Morgan fingerprint density at radius 3 is 2.05 bits per heavy atom. The quantitative estimate of drug-likeness (QED) is 0.803. The lowest BCUT2D eigenvalue weighted by molar-refractivity contribution is -0.00461. The van der Waals surface area contributed by atoms with Crippen molar-refractivity contribution < 1.29 is 9.47 Å². The van der Waals surface area contributed by atoms with E-state index in [1.807, 2.05) is 0 Å². The highest BCUT2D eigenvalue weighted by molar-refractivity contribution is 5.02. The maximum absolute atomic E-state index is 9.52. The molecule has 5 atom stereocenters. The topological polar surface area (TPSA) is 45.5 Å². The van der Waals surface area contributed by atoms with Gasteiger partial charge in [0.2, 0.25) is 0 Å². The number of hydrogen-bond acceptors (Lipinski definition) is 4. The van der Waals surface area contributed by atoms with Crippen molar-refractivity contribution in [2.45, 2.75) is 58.3 Å². The molecule has 4 heteroatoms. The molecule has 1 aliphatic carbocycles. The van der Waals surface area contributed by atoms with Gasteiger partial charge in [0.15, 0.2) is 0 Å². The molecule has 0 amide bonds. The highest BCUT2D eigenvalue weighted by atomic mass is 16.5. The van der Waals surface area contributed by atoms with Crippen molar-refractivity contribution >= 4 is 0 Å². The second kappa shape index (κ2) is 6.64. The normalized spacial score (nSPS) is 38.4. The first-order valence-corrected chi connectivity index (χ1v) is 8.10. The van der Waals surface area contributed by atoms with Crippen LogP contribution < -0.4 is 0 Å². The minimum absolute atomic E-state index is 0.129. The third-order valence-corrected chi connectivity index (χ3v) is 5.53. The van der Waals surface area contributed by atoms with Crippen molar-refractivity contribution in [1.82, 2.24) is 4.90 Å². The standard InChI is InChI=1S/C17H30N2O2/c1-17(2,3)13-7-6-12(9-18)14(8-13)19-10-15(20-4)16(11-19)21-5/h12-16H,6-8,10-11H2,1-5H3. The van der Waals surface area contributed by atoms with Crippen LogP contribution in [0.5, 0.6) is 0 Å². The van der Waals surface area contributed by atoms with Crippen molar-refractivity contribution in [3.63, 3.8) is 0 Å². The summed E-state index contributed by atoms with van der Waals surface area (Å²) in [6.45, 7) is 8.73. The summed E-state index contributed by atoms with van der Waals surface area (Å²) in [6.07, 6.45) is 3.57. The van der Waals surface area contributed by atoms with Gasteiger partial charge < -0.3 is 9.47 Å². The van der Waals surface area contributed by atoms with Gasteiger partial charge in [0.05, 0.1) is 24.2 Å². The molecule has 2 aliphatic rings. The molecule has 0 bridgehead atoms. The highest BCUT2D eigenvalue weighted by Crippen LogP contribution is 2.42. The molecule has 0 aromatic rings. The predicted octanol–water partition coefficient (Wildman–Crippen LogP) is 2.69. The number of hydrogen-bond donors (Lipinski definition) is 0. The monoisotopic (exact) mass is 294 g/mol. The Kier molecular flexibility index (Phi) is 5.29. The molecule has 1 aliphatic heterocycles. The molecule has 1 heterocycles. The lowest BCUT2D eigenvalue weighted by Gasteiger charge is -2.43. The smallest absolute Gasteiger partial charge is 0.0971 e. The molecule has 0 aromatic carbocycles. The van der Waals surface area contributed by atoms with Crippen LogP contribution in [0.2, 0.25) is 0 Å². The summed E-state index contributed by atoms with van der Waals surface area (Å²) in [4.78, 5) is 2.44. The molecule has 2 rings (SSSR count). The first kappa shape index (κ1) is 16.7. The third-order valence-electron chi connectivity index (χ3n) is 5.53. The van der Waals surface area contributed by atoms with E-state index >= 15 is 0 Å². The summed E-state index contributed by atoms with van der Waals surface area (Å²) in [6, 6.07) is 2.90. The van der Waals surface area contributed by atoms with Crippen molar-refractivity contribution in [3.05, 3.63) is 0 Å². The van der Waals surface area contributed by atoms with Gasteiger partial charge in [0.1, 0.15) is 0 Å². The third kappa shape index (κ3) is 3.59. The Bertz CT molecular complexity index is 373. The van der Waals surface area contributed by atoms with Gasteiger partial charge in [0, 0.05) is 33.4 Å². The molecule has 4 nitrogen and oxygen atoms in total. The second-order valence-electron chi connectivity index (χ2n) is 7.68. The fourth-order valence-corrected chi connectivity index (χ4v) is 3.98. The Morgan fingerprint density at radius 2 is 1.62 bits per heavy atom. The van der Waals surface area contributed by atoms with E-state index in [0.717, 1.165) is 25.9 Å². The Hall–Kier alpha value is -0.630. The van der Waals surface area contributed by atoms with E-state index in [4.69, 9.17) is 9.47 Å². The zero-order chi connectivity index (χ0) is 15.6. The van der Waals surface area contributed by atoms with E-state index in [2.05, 4.69) is 31.7 Å². The highest BCUT2D eigenvalue weighted by Gasteiger charge is 2.43. The van der Waals surface area contributed by atoms with Crippen LogP contribution in [-0.2, 0) is 9.47 Å². The van der Waals surface area contributed by atoms with Crippen molar-refractivity contribution in [2.75, 3.05) is 27.3 Å². The van der Waals surface area contributed by atoms with Gasteiger partial charge in [-0.2, -0.15) is 5.26 Å². The Morgan fingerprint density at radius 1 is 1.05 bits per heavy atom. The molecule has 2 fully saturated rings. The Labute approximate surface area is 129 Å². The largest absolute Gasteiger partial charge is 0.377 e. The van der Waals surface area contributed by atoms with E-state index in [0.29, 0.717) is 17.4 Å². The van der Waals surface area contributed by atoms with Gasteiger partial charge in [0.25, 0.3) is 0 Å². The van der Waals surface area contributed by atoms with Crippen LogP contribution >= 0.6 is 0 Å². The fraction of sp³-hybridized carbons (Fsp3) is 0.941. The molecule has 0 N–H and O–H groups in total. The minimum Gasteiger partial charge on any atom is -0.377 e. The molecule has 1 saturated heterocycles. The summed E-state index contributed by atoms with van der Waals surface area (Å²) in [5.41, 5.74) is 0.319. The molecule has 5 unspecified atom stereocenters. The van der Waals surface area contributed by atoms with Gasteiger partial charge in [-0.25, -0.2) is 0 Å². The minimum atomic E-state index is 0.129. The average Bonchev–Trinajstić information content (AvgIpc) is 2.88. The van der Waals surface area contributed by atoms with Crippen LogP contribution in [0.25, 0.3) is 0 Å². The molecule has 120 valence electrons. The number of methoxy groups -OCH3 is 2. The zero-order valence-corrected chi connectivity index (χ0v) is 14.1. The number of likely N-dealkylation sites (tertiary alicyclic amines) is 1. The predicted molar refractivity (Wildman–Crippen MR) is 82.9 cm³/mol. The van der Waals surface area contributed by atoms with Crippen molar-refractivity contribution in [2.24, 2.45) is 17.3 Å². The van der Waals surface area contributed by atoms with E-state index in [1.54, 1.807) is 14.2 Å². The van der Waals surface area contributed by atoms with Gasteiger partial charge >= 0.3 is 0 Å². The van der Waals surface area contributed by atoms with Gasteiger partial charge in [-0.05, 0) is 30.6 Å². The maximum atomic E-state index is 9.52. The average molecular weight is 294 g/mol. The number of ether oxygens (including phenoxy) is 2. The van der Waals surface area contributed by atoms with Crippen molar-refractivity contribution in [3.8, 4) is 6.07 Å². The van der Waals surface area contributed by atoms with Crippen LogP contribution in [0.3, 0.4) is 0 Å². The van der Waals surface area contributed by atoms with Gasteiger partial charge in [-0.3, -0.25) is 4.90 Å². The SMILES string of the molecule is COC1CN(C2CC(C(C)(C)C)CCC2C#N)CC1OC. The number of nitrogens with zero attached hydrogens (tertiary/aromatic N) is 2. The maximum Gasteiger partial charge on any atom is 0.0971 e. The van der Waals surface area contributed by atoms with Crippen molar-refractivity contribution in [1.29, 1.82) is 5.26 Å². The molecular formula is C17H30N2O2. The van der Waals surface area contributed by atoms with Crippen LogP contribution in [0.4, 0.5) is 0 Å². The summed E-state index contributed by atoms with van der Waals surface area (Å²) >= 11 is 0. The summed E-state index contributed by atoms with van der Waals surface area (Å²) < 4.78 is 11.1. The molecule has 0 radical (unpaired) electrons. The van der Waals surface area contributed by atoms with Crippen LogP contribution in [-0.4, -0.2) is 50.5 Å². The molecule has 1 saturated carbocycles. The van der Waals surface area contributed by atoms with Crippen LogP contribution in [0.15, 0.2) is 0 Å². The zero-order valence-electron chi connectivity index (χ0n) is 14.1. The van der Waals surface area contributed by atoms with E-state index in [9.17, 15) is 5.26 Å². The number of nitriles is 1. The lowest BCUT2D eigenvalue weighted by atomic mass is 9.68. The summed E-state index contributed by atoms with van der Waals surface area (Å²) in [5.74, 6) is 0.839. The molecular weight excluding hydrogens is 264 g/mol. The summed E-state index contributed by atoms with van der Waals surface area (Å²) in [5, 5.41) is 9.52. The van der Waals surface area contributed by atoms with Gasteiger partial charge in [-0.15, -0.1) is 0 Å². The first-order chi connectivity index (χ1) is 9.90. The summed E-state index contributed by atoms with van der Waals surface area (Å²) in [7, 11) is 3.50. The van der Waals surface area contributed by atoms with E-state index < -0.39 is 0 Å². The fourth-order valence-electron chi connectivity index (χ4n) is 3.98. The van der Waals surface area contributed by atoms with E-state index in [1.165, 1.54) is 6.42 Å². The second-order valence-corrected chi connectivity index (χ2v) is 7.68. The van der Waals surface area contributed by atoms with E-state index in [-0.39, 0.29) is 18.1 Å². The Balaban J connectivity index is 2.10. The molecule has 0 spiro atoms. The number of rotatable bonds is 3. The molecule has 21 heavy (non-hydrogen) atoms. The van der Waals surface area contributed by atoms with Gasteiger partial charge in [-0.1, -0.05) is 20.8 Å². The lowest BCUT2D eigenvalue weighted by Crippen LogP contribution is -2.45. The van der Waals surface area contributed by atoms with Crippen LogP contribution in [0, 0.1) is 28.6 Å². The first-order valence-electron chi connectivity index (χ1n) is 8.10.